The molecule has 2 aliphatic carbocycles. The fraction of sp³-hybridized carbons (Fsp3) is 0.812. The summed E-state index contributed by atoms with van der Waals surface area (Å²) in [7, 11) is 0. The van der Waals surface area contributed by atoms with E-state index in [-0.39, 0.29) is 5.57 Å². The van der Waals surface area contributed by atoms with Gasteiger partial charge in [-0.15, -0.1) is 0 Å². The van der Waals surface area contributed by atoms with E-state index in [1.54, 1.807) is 0 Å². The molecule has 0 radical (unpaired) electrons. The molecule has 0 aromatic rings. The van der Waals surface area contributed by atoms with Crippen LogP contribution >= 0.6 is 0 Å². The molecule has 3 heteroatoms. The Morgan fingerprint density at radius 2 is 1.26 bits per heavy atom. The molecule has 2 fully saturated rings. The van der Waals surface area contributed by atoms with Gasteiger partial charge in [0, 0.05) is 5.57 Å². The van der Waals surface area contributed by atoms with Gasteiger partial charge in [-0.25, -0.2) is 4.79 Å². The fourth-order valence-electron chi connectivity index (χ4n) is 2.67. The first-order valence-corrected chi connectivity index (χ1v) is 7.64. The number of hydrogen-bond acceptors (Lipinski definition) is 2. The van der Waals surface area contributed by atoms with Gasteiger partial charge in [-0.2, -0.15) is 0 Å². The van der Waals surface area contributed by atoms with Crippen molar-refractivity contribution in [2.24, 2.45) is 0 Å². The van der Waals surface area contributed by atoms with Crippen molar-refractivity contribution in [1.82, 2.24) is 0 Å². The van der Waals surface area contributed by atoms with Crippen molar-refractivity contribution in [3.63, 3.8) is 0 Å². The molecule has 2 aliphatic rings. The van der Waals surface area contributed by atoms with E-state index < -0.39 is 5.97 Å². The summed E-state index contributed by atoms with van der Waals surface area (Å²) in [6.45, 7) is 4.60. The molecule has 2 rings (SSSR count). The Morgan fingerprint density at radius 3 is 1.53 bits per heavy atom. The molecule has 2 saturated carbocycles. The quantitative estimate of drug-likeness (QED) is 0.776. The van der Waals surface area contributed by atoms with Crippen molar-refractivity contribution in [1.29, 1.82) is 0 Å². The van der Waals surface area contributed by atoms with Crippen LogP contribution in [-0.4, -0.2) is 23.3 Å². The van der Waals surface area contributed by atoms with E-state index in [4.69, 9.17) is 9.84 Å². The van der Waals surface area contributed by atoms with Crippen LogP contribution in [0.25, 0.3) is 0 Å². The highest BCUT2D eigenvalue weighted by molar-refractivity contribution is 5.84. The second-order valence-electron chi connectivity index (χ2n) is 5.74. The second-order valence-corrected chi connectivity index (χ2v) is 5.74. The van der Waals surface area contributed by atoms with Gasteiger partial charge in [-0.3, -0.25) is 0 Å². The SMILES string of the molecule is C1CCC(OC2CCCCC2)CC1.C=C(C)C(=O)O. The third kappa shape index (κ3) is 7.36. The van der Waals surface area contributed by atoms with Crippen LogP contribution in [0.4, 0.5) is 0 Å². The zero-order valence-corrected chi connectivity index (χ0v) is 12.2. The molecule has 0 heterocycles. The number of ether oxygens (including phenoxy) is 1. The Kier molecular flexibility index (Phi) is 7.80. The van der Waals surface area contributed by atoms with Crippen LogP contribution in [0.2, 0.25) is 0 Å². The average Bonchev–Trinajstić information content (AvgIpc) is 2.41. The summed E-state index contributed by atoms with van der Waals surface area (Å²) in [5, 5.41) is 7.89. The van der Waals surface area contributed by atoms with Crippen LogP contribution in [0, 0.1) is 0 Å². The van der Waals surface area contributed by atoms with E-state index in [0.29, 0.717) is 12.2 Å². The summed E-state index contributed by atoms with van der Waals surface area (Å²) in [5.74, 6) is -0.935. The smallest absolute Gasteiger partial charge is 0.330 e. The predicted molar refractivity (Wildman–Crippen MR) is 77.3 cm³/mol. The summed E-state index contributed by atoms with van der Waals surface area (Å²) < 4.78 is 6.13. The van der Waals surface area contributed by atoms with Crippen molar-refractivity contribution >= 4 is 5.97 Å². The Bertz CT molecular complexity index is 246. The molecule has 0 atom stereocenters. The molecule has 0 unspecified atom stereocenters. The lowest BCUT2D eigenvalue weighted by Gasteiger charge is -2.29. The molecule has 0 aliphatic heterocycles. The van der Waals surface area contributed by atoms with Crippen molar-refractivity contribution < 1.29 is 14.6 Å². The van der Waals surface area contributed by atoms with E-state index in [1.165, 1.54) is 71.1 Å². The molecule has 0 bridgehead atoms. The first-order chi connectivity index (χ1) is 9.09. The molecule has 0 saturated heterocycles. The van der Waals surface area contributed by atoms with E-state index >= 15 is 0 Å². The summed E-state index contributed by atoms with van der Waals surface area (Å²) in [5.41, 5.74) is 0.176. The van der Waals surface area contributed by atoms with Crippen LogP contribution in [0.1, 0.15) is 71.1 Å². The number of hydrogen-bond donors (Lipinski definition) is 1. The van der Waals surface area contributed by atoms with Gasteiger partial charge >= 0.3 is 5.97 Å². The van der Waals surface area contributed by atoms with Gasteiger partial charge in [-0.05, 0) is 32.6 Å². The van der Waals surface area contributed by atoms with Crippen LogP contribution in [0.5, 0.6) is 0 Å². The normalized spacial score (nSPS) is 21.3. The van der Waals surface area contributed by atoms with Crippen LogP contribution in [0.3, 0.4) is 0 Å². The molecular formula is C16H28O3. The predicted octanol–water partition coefficient (Wildman–Crippen LogP) is 4.32. The topological polar surface area (TPSA) is 46.5 Å². The Labute approximate surface area is 117 Å². The van der Waals surface area contributed by atoms with Crippen molar-refractivity contribution in [2.45, 2.75) is 83.3 Å². The van der Waals surface area contributed by atoms with E-state index in [0.717, 1.165) is 0 Å². The van der Waals surface area contributed by atoms with Gasteiger partial charge in [0.1, 0.15) is 0 Å². The maximum atomic E-state index is 9.60. The number of rotatable bonds is 3. The van der Waals surface area contributed by atoms with Crippen LogP contribution < -0.4 is 0 Å². The summed E-state index contributed by atoms with van der Waals surface area (Å²) >= 11 is 0. The summed E-state index contributed by atoms with van der Waals surface area (Å²) in [4.78, 5) is 9.60. The molecule has 110 valence electrons. The van der Waals surface area contributed by atoms with Gasteiger partial charge in [-0.1, -0.05) is 45.1 Å². The summed E-state index contributed by atoms with van der Waals surface area (Å²) in [6, 6.07) is 0. The minimum absolute atomic E-state index is 0.176. The minimum atomic E-state index is -0.935. The number of carbonyl (C=O) groups is 1. The van der Waals surface area contributed by atoms with Gasteiger partial charge in [0.2, 0.25) is 0 Å². The maximum Gasteiger partial charge on any atom is 0.330 e. The molecule has 0 aromatic heterocycles. The van der Waals surface area contributed by atoms with Gasteiger partial charge in [0.05, 0.1) is 12.2 Å². The molecule has 3 nitrogen and oxygen atoms in total. The van der Waals surface area contributed by atoms with E-state index in [2.05, 4.69) is 6.58 Å². The number of aliphatic carboxylic acids is 1. The van der Waals surface area contributed by atoms with Gasteiger partial charge in [0.15, 0.2) is 0 Å². The first-order valence-electron chi connectivity index (χ1n) is 7.64. The Balaban J connectivity index is 0.000000258. The zero-order chi connectivity index (χ0) is 14.1. The maximum absolute atomic E-state index is 9.60. The van der Waals surface area contributed by atoms with Crippen LogP contribution in [-0.2, 0) is 9.53 Å². The first kappa shape index (κ1) is 16.2. The fourth-order valence-corrected chi connectivity index (χ4v) is 2.67. The van der Waals surface area contributed by atoms with Crippen molar-refractivity contribution in [2.75, 3.05) is 0 Å². The highest BCUT2D eigenvalue weighted by Crippen LogP contribution is 2.26. The molecule has 0 aromatic carbocycles. The largest absolute Gasteiger partial charge is 0.478 e. The Morgan fingerprint density at radius 1 is 0.947 bits per heavy atom. The highest BCUT2D eigenvalue weighted by atomic mass is 16.5. The third-order valence-electron chi connectivity index (χ3n) is 3.85. The second kappa shape index (κ2) is 9.13. The van der Waals surface area contributed by atoms with Gasteiger partial charge < -0.3 is 9.84 Å². The average molecular weight is 268 g/mol. The molecule has 19 heavy (non-hydrogen) atoms. The van der Waals surface area contributed by atoms with Crippen molar-refractivity contribution in [3.05, 3.63) is 12.2 Å². The van der Waals surface area contributed by atoms with E-state index in [9.17, 15) is 4.79 Å². The molecule has 0 spiro atoms. The lowest BCUT2D eigenvalue weighted by Crippen LogP contribution is -2.25. The summed E-state index contributed by atoms with van der Waals surface area (Å²) in [6.07, 6.45) is 15.0. The van der Waals surface area contributed by atoms with Gasteiger partial charge in [0.25, 0.3) is 0 Å². The highest BCUT2D eigenvalue weighted by Gasteiger charge is 2.20. The van der Waals surface area contributed by atoms with E-state index in [1.807, 2.05) is 0 Å². The third-order valence-corrected chi connectivity index (χ3v) is 3.85. The van der Waals surface area contributed by atoms with Crippen LogP contribution in [0.15, 0.2) is 12.2 Å². The number of carboxylic acids is 1. The minimum Gasteiger partial charge on any atom is -0.478 e. The lowest BCUT2D eigenvalue weighted by atomic mass is 9.95. The van der Waals surface area contributed by atoms with Crippen molar-refractivity contribution in [3.8, 4) is 0 Å². The Hall–Kier alpha value is -0.830. The number of carboxylic acid groups (broad SMARTS) is 1. The molecule has 1 N–H and O–H groups in total. The monoisotopic (exact) mass is 268 g/mol. The lowest BCUT2D eigenvalue weighted by molar-refractivity contribution is -0.132. The standard InChI is InChI=1S/C12H22O.C4H6O2/c1-3-7-11(8-4-1)13-12-9-5-2-6-10-12;1-3(2)4(5)6/h11-12H,1-10H2;1H2,2H3,(H,5,6). The zero-order valence-electron chi connectivity index (χ0n) is 12.2. The molecule has 0 amide bonds. The molecular weight excluding hydrogens is 240 g/mol.